The third kappa shape index (κ3) is 3.38. The van der Waals surface area contributed by atoms with Crippen LogP contribution in [0.1, 0.15) is 51.9 Å². The second kappa shape index (κ2) is 6.43. The number of allylic oxidation sites excluding steroid dienone is 2. The number of carbonyl (C=O) groups excluding carboxylic acids is 1. The van der Waals surface area contributed by atoms with Gasteiger partial charge in [-0.05, 0) is 25.7 Å². The molecule has 0 bridgehead atoms. The van der Waals surface area contributed by atoms with Gasteiger partial charge in [-0.2, -0.15) is 0 Å². The molecule has 0 heterocycles. The van der Waals surface area contributed by atoms with E-state index in [1.807, 2.05) is 0 Å². The Morgan fingerprint density at radius 1 is 1.36 bits per heavy atom. The van der Waals surface area contributed by atoms with Gasteiger partial charge in [-0.3, -0.25) is 4.79 Å². The summed E-state index contributed by atoms with van der Waals surface area (Å²) in [6.07, 6.45) is 8.68. The van der Waals surface area contributed by atoms with Crippen molar-refractivity contribution in [3.63, 3.8) is 0 Å². The zero-order valence-electron chi connectivity index (χ0n) is 8.94. The molecule has 0 saturated carbocycles. The number of hydrogen-bond donors (Lipinski definition) is 0. The standard InChI is InChI=1S/C13H18O/c1-2-3-4-5-6-8-12-9-7-10-13(12)11-14/h11H,2-5,7,9-10H2,1H3. The maximum Gasteiger partial charge on any atom is 0.146 e. The molecular formula is C13H18O. The molecular weight excluding hydrogens is 172 g/mol. The molecule has 0 aliphatic heterocycles. The molecule has 0 unspecified atom stereocenters. The fraction of sp³-hybridized carbons (Fsp3) is 0.615. The van der Waals surface area contributed by atoms with Crippen molar-refractivity contribution in [2.24, 2.45) is 0 Å². The molecule has 0 aromatic heterocycles. The van der Waals surface area contributed by atoms with Gasteiger partial charge in [0.15, 0.2) is 0 Å². The molecule has 76 valence electrons. The van der Waals surface area contributed by atoms with Crippen LogP contribution in [0.25, 0.3) is 0 Å². The Balaban J connectivity index is 2.38. The Labute approximate surface area is 86.6 Å². The topological polar surface area (TPSA) is 17.1 Å². The Hall–Kier alpha value is -1.03. The van der Waals surface area contributed by atoms with Gasteiger partial charge in [0.2, 0.25) is 0 Å². The SMILES string of the molecule is CCCCCC#CC1=C(C=O)CCC1. The zero-order valence-corrected chi connectivity index (χ0v) is 8.94. The number of unbranched alkanes of at least 4 members (excludes halogenated alkanes) is 3. The Morgan fingerprint density at radius 2 is 2.21 bits per heavy atom. The van der Waals surface area contributed by atoms with Crippen molar-refractivity contribution in [1.29, 1.82) is 0 Å². The number of rotatable bonds is 4. The van der Waals surface area contributed by atoms with E-state index >= 15 is 0 Å². The minimum Gasteiger partial charge on any atom is -0.298 e. The maximum absolute atomic E-state index is 10.6. The van der Waals surface area contributed by atoms with Crippen molar-refractivity contribution in [3.05, 3.63) is 11.1 Å². The highest BCUT2D eigenvalue weighted by Crippen LogP contribution is 2.23. The number of carbonyl (C=O) groups is 1. The normalized spacial score (nSPS) is 15.2. The molecule has 0 N–H and O–H groups in total. The second-order valence-electron chi connectivity index (χ2n) is 3.73. The Bertz CT molecular complexity index is 275. The fourth-order valence-corrected chi connectivity index (χ4v) is 1.67. The molecule has 1 aliphatic carbocycles. The Morgan fingerprint density at radius 3 is 2.93 bits per heavy atom. The van der Waals surface area contributed by atoms with Crippen LogP contribution in [0.5, 0.6) is 0 Å². The fourth-order valence-electron chi connectivity index (χ4n) is 1.67. The lowest BCUT2D eigenvalue weighted by Crippen LogP contribution is -1.81. The monoisotopic (exact) mass is 190 g/mol. The molecule has 0 fully saturated rings. The summed E-state index contributed by atoms with van der Waals surface area (Å²) in [5.41, 5.74) is 2.03. The molecule has 1 aliphatic rings. The summed E-state index contributed by atoms with van der Waals surface area (Å²) >= 11 is 0. The molecule has 14 heavy (non-hydrogen) atoms. The Kier molecular flexibility index (Phi) is 5.07. The highest BCUT2D eigenvalue weighted by molar-refractivity contribution is 5.77. The van der Waals surface area contributed by atoms with E-state index in [2.05, 4.69) is 18.8 Å². The smallest absolute Gasteiger partial charge is 0.146 e. The van der Waals surface area contributed by atoms with E-state index in [0.717, 1.165) is 43.1 Å². The molecule has 0 amide bonds. The summed E-state index contributed by atoms with van der Waals surface area (Å²) in [7, 11) is 0. The van der Waals surface area contributed by atoms with E-state index in [1.165, 1.54) is 19.3 Å². The number of aldehydes is 1. The molecule has 0 saturated heterocycles. The predicted molar refractivity (Wildman–Crippen MR) is 58.9 cm³/mol. The van der Waals surface area contributed by atoms with E-state index in [0.29, 0.717) is 0 Å². The van der Waals surface area contributed by atoms with E-state index in [1.54, 1.807) is 0 Å². The molecule has 1 heteroatoms. The minimum atomic E-state index is 0.933. The van der Waals surface area contributed by atoms with Gasteiger partial charge in [0.05, 0.1) is 0 Å². The first-order valence-corrected chi connectivity index (χ1v) is 5.54. The van der Waals surface area contributed by atoms with Crippen LogP contribution in [-0.2, 0) is 4.79 Å². The van der Waals surface area contributed by atoms with Crippen molar-refractivity contribution in [3.8, 4) is 11.8 Å². The van der Waals surface area contributed by atoms with Gasteiger partial charge in [0.1, 0.15) is 6.29 Å². The first-order valence-electron chi connectivity index (χ1n) is 5.54. The van der Waals surface area contributed by atoms with Gasteiger partial charge in [-0.1, -0.05) is 31.6 Å². The van der Waals surface area contributed by atoms with Crippen molar-refractivity contribution < 1.29 is 4.79 Å². The first kappa shape index (κ1) is 11.0. The van der Waals surface area contributed by atoms with Crippen LogP contribution in [0.15, 0.2) is 11.1 Å². The lowest BCUT2D eigenvalue weighted by molar-refractivity contribution is -0.105. The van der Waals surface area contributed by atoms with Gasteiger partial charge in [0.25, 0.3) is 0 Å². The van der Waals surface area contributed by atoms with E-state index < -0.39 is 0 Å². The lowest BCUT2D eigenvalue weighted by Gasteiger charge is -1.91. The number of hydrogen-bond acceptors (Lipinski definition) is 1. The lowest BCUT2D eigenvalue weighted by atomic mass is 10.1. The van der Waals surface area contributed by atoms with Crippen LogP contribution in [0.4, 0.5) is 0 Å². The summed E-state index contributed by atoms with van der Waals surface area (Å²) in [6, 6.07) is 0. The summed E-state index contributed by atoms with van der Waals surface area (Å²) in [4.78, 5) is 10.6. The van der Waals surface area contributed by atoms with Crippen molar-refractivity contribution >= 4 is 6.29 Å². The predicted octanol–water partition coefficient (Wildman–Crippen LogP) is 3.25. The summed E-state index contributed by atoms with van der Waals surface area (Å²) < 4.78 is 0. The van der Waals surface area contributed by atoms with Crippen LogP contribution in [0.2, 0.25) is 0 Å². The summed E-state index contributed by atoms with van der Waals surface area (Å²) in [6.45, 7) is 2.19. The first-order chi connectivity index (χ1) is 6.88. The molecule has 0 spiro atoms. The molecule has 1 rings (SSSR count). The highest BCUT2D eigenvalue weighted by atomic mass is 16.1. The zero-order chi connectivity index (χ0) is 10.2. The van der Waals surface area contributed by atoms with Crippen molar-refractivity contribution in [1.82, 2.24) is 0 Å². The van der Waals surface area contributed by atoms with Gasteiger partial charge in [-0.25, -0.2) is 0 Å². The largest absolute Gasteiger partial charge is 0.298 e. The average molecular weight is 190 g/mol. The van der Waals surface area contributed by atoms with Crippen LogP contribution >= 0.6 is 0 Å². The van der Waals surface area contributed by atoms with Gasteiger partial charge < -0.3 is 0 Å². The van der Waals surface area contributed by atoms with Crippen LogP contribution < -0.4 is 0 Å². The molecule has 0 atom stereocenters. The van der Waals surface area contributed by atoms with Gasteiger partial charge in [0, 0.05) is 17.6 Å². The van der Waals surface area contributed by atoms with Crippen molar-refractivity contribution in [2.45, 2.75) is 51.9 Å². The van der Waals surface area contributed by atoms with E-state index in [9.17, 15) is 4.79 Å². The van der Waals surface area contributed by atoms with E-state index in [4.69, 9.17) is 0 Å². The highest BCUT2D eigenvalue weighted by Gasteiger charge is 2.10. The van der Waals surface area contributed by atoms with Crippen molar-refractivity contribution in [2.75, 3.05) is 0 Å². The quantitative estimate of drug-likeness (QED) is 0.378. The average Bonchev–Trinajstić information content (AvgIpc) is 2.65. The van der Waals surface area contributed by atoms with Gasteiger partial charge >= 0.3 is 0 Å². The third-order valence-electron chi connectivity index (χ3n) is 2.55. The summed E-state index contributed by atoms with van der Waals surface area (Å²) in [5, 5.41) is 0. The summed E-state index contributed by atoms with van der Waals surface area (Å²) in [5.74, 6) is 6.30. The van der Waals surface area contributed by atoms with Gasteiger partial charge in [-0.15, -0.1) is 0 Å². The maximum atomic E-state index is 10.6. The van der Waals surface area contributed by atoms with Crippen LogP contribution in [0, 0.1) is 11.8 Å². The van der Waals surface area contributed by atoms with E-state index in [-0.39, 0.29) is 0 Å². The second-order valence-corrected chi connectivity index (χ2v) is 3.73. The van der Waals surface area contributed by atoms with Crippen LogP contribution in [-0.4, -0.2) is 6.29 Å². The molecule has 0 radical (unpaired) electrons. The molecule has 1 nitrogen and oxygen atoms in total. The third-order valence-corrected chi connectivity index (χ3v) is 2.55. The molecule has 0 aromatic rings. The van der Waals surface area contributed by atoms with Crippen LogP contribution in [0.3, 0.4) is 0 Å². The molecule has 0 aromatic carbocycles. The minimum absolute atomic E-state index is 0.933.